The number of amides is 3. The van der Waals surface area contributed by atoms with Crippen LogP contribution in [0, 0.1) is 0 Å². The van der Waals surface area contributed by atoms with Crippen molar-refractivity contribution in [3.63, 3.8) is 0 Å². The molecule has 4 aliphatic rings. The van der Waals surface area contributed by atoms with Crippen molar-refractivity contribution in [3.05, 3.63) is 53.6 Å². The Kier molecular flexibility index (Phi) is 9.95. The maximum absolute atomic E-state index is 13.2. The Balaban J connectivity index is 0.940. The minimum Gasteiger partial charge on any atom is -0.381 e. The summed E-state index contributed by atoms with van der Waals surface area (Å²) in [6.07, 6.45) is 5.50. The van der Waals surface area contributed by atoms with E-state index in [4.69, 9.17) is 4.74 Å². The van der Waals surface area contributed by atoms with Crippen LogP contribution >= 0.6 is 0 Å². The minimum absolute atomic E-state index is 0.198. The number of piperidine rings is 2. The number of nitrogens with zero attached hydrogens (tertiary/aromatic N) is 3. The van der Waals surface area contributed by atoms with Crippen LogP contribution in [0.1, 0.15) is 60.4 Å². The second kappa shape index (κ2) is 14.4. The van der Waals surface area contributed by atoms with Gasteiger partial charge in [0.15, 0.2) is 6.29 Å². The number of ether oxygens (including phenoxy) is 1. The molecule has 240 valence electrons. The van der Waals surface area contributed by atoms with Crippen molar-refractivity contribution in [1.29, 1.82) is 0 Å². The molecule has 1 unspecified atom stereocenters. The molecule has 4 fully saturated rings. The molecule has 11 nitrogen and oxygen atoms in total. The molecule has 4 saturated heterocycles. The molecule has 6 rings (SSSR count). The van der Waals surface area contributed by atoms with E-state index in [9.17, 15) is 19.2 Å². The molecular formula is C34H44N6O5. The van der Waals surface area contributed by atoms with Crippen molar-refractivity contribution in [2.45, 2.75) is 56.5 Å². The lowest BCUT2D eigenvalue weighted by Crippen LogP contribution is -2.51. The molecule has 4 heterocycles. The van der Waals surface area contributed by atoms with E-state index < -0.39 is 6.04 Å². The van der Waals surface area contributed by atoms with Gasteiger partial charge in [-0.05, 0) is 73.9 Å². The van der Waals surface area contributed by atoms with Gasteiger partial charge in [-0.3, -0.25) is 29.4 Å². The van der Waals surface area contributed by atoms with Crippen LogP contribution < -0.4 is 20.9 Å². The molecule has 3 amide bonds. The molecule has 45 heavy (non-hydrogen) atoms. The number of likely N-dealkylation sites (tertiary alicyclic amines) is 1. The van der Waals surface area contributed by atoms with E-state index in [1.807, 2.05) is 29.2 Å². The third-order valence-corrected chi connectivity index (χ3v) is 9.65. The van der Waals surface area contributed by atoms with Gasteiger partial charge in [0.05, 0.1) is 6.54 Å². The number of hydrogen-bond donors (Lipinski definition) is 3. The van der Waals surface area contributed by atoms with Crippen LogP contribution in [0.5, 0.6) is 0 Å². The SMILES string of the molecule is O=Cc1ccc(N2CCN(CC(=O)N3CCC(c4ccc(NC5CCC(=O)NC5=O)cc4)CC3)CC2)cc1NC1CCOCC1. The molecule has 11 heteroatoms. The van der Waals surface area contributed by atoms with Crippen LogP contribution in [0.2, 0.25) is 0 Å². The van der Waals surface area contributed by atoms with Gasteiger partial charge in [0.25, 0.3) is 0 Å². The first kappa shape index (κ1) is 31.0. The minimum atomic E-state index is -0.391. The number of piperazine rings is 1. The Morgan fingerprint density at radius 2 is 1.62 bits per heavy atom. The molecule has 0 radical (unpaired) electrons. The molecule has 0 aliphatic carbocycles. The van der Waals surface area contributed by atoms with E-state index in [2.05, 4.69) is 43.9 Å². The fourth-order valence-electron chi connectivity index (χ4n) is 6.83. The van der Waals surface area contributed by atoms with Crippen LogP contribution in [0.3, 0.4) is 0 Å². The summed E-state index contributed by atoms with van der Waals surface area (Å²) in [5.74, 6) is 0.114. The monoisotopic (exact) mass is 616 g/mol. The first-order chi connectivity index (χ1) is 21.9. The molecular weight excluding hydrogens is 572 g/mol. The number of anilines is 3. The molecule has 1 atom stereocenters. The van der Waals surface area contributed by atoms with Gasteiger partial charge in [0.2, 0.25) is 17.7 Å². The predicted molar refractivity (Wildman–Crippen MR) is 173 cm³/mol. The van der Waals surface area contributed by atoms with Gasteiger partial charge < -0.3 is 25.2 Å². The van der Waals surface area contributed by atoms with E-state index in [1.54, 1.807) is 0 Å². The first-order valence-corrected chi connectivity index (χ1v) is 16.3. The Bertz CT molecular complexity index is 1360. The number of carbonyl (C=O) groups is 4. The highest BCUT2D eigenvalue weighted by molar-refractivity contribution is 6.01. The third kappa shape index (κ3) is 7.83. The van der Waals surface area contributed by atoms with Crippen molar-refractivity contribution in [2.24, 2.45) is 0 Å². The van der Waals surface area contributed by atoms with Crippen LogP contribution in [0.4, 0.5) is 17.1 Å². The third-order valence-electron chi connectivity index (χ3n) is 9.65. The maximum atomic E-state index is 13.2. The summed E-state index contributed by atoms with van der Waals surface area (Å²) >= 11 is 0. The second-order valence-corrected chi connectivity index (χ2v) is 12.6. The zero-order valence-electron chi connectivity index (χ0n) is 25.8. The fraction of sp³-hybridized carbons (Fsp3) is 0.529. The lowest BCUT2D eigenvalue weighted by molar-refractivity contribution is -0.134. The van der Waals surface area contributed by atoms with Gasteiger partial charge in [-0.1, -0.05) is 12.1 Å². The zero-order valence-corrected chi connectivity index (χ0v) is 25.8. The summed E-state index contributed by atoms with van der Waals surface area (Å²) in [7, 11) is 0. The van der Waals surface area contributed by atoms with Gasteiger partial charge in [-0.2, -0.15) is 0 Å². The maximum Gasteiger partial charge on any atom is 0.249 e. The molecule has 4 aliphatic heterocycles. The average Bonchev–Trinajstić information content (AvgIpc) is 3.07. The molecule has 3 N–H and O–H groups in total. The Hall–Kier alpha value is -3.96. The van der Waals surface area contributed by atoms with Crippen LogP contribution in [0.15, 0.2) is 42.5 Å². The standard InChI is InChI=1S/C34H44N6O5/c41-23-26-3-6-29(21-31(26)36-28-11-19-45-20-12-28)39-17-15-38(16-18-39)22-33(43)40-13-9-25(10-14-40)24-1-4-27(5-2-24)35-30-7-8-32(42)37-34(30)44/h1-6,21,23,25,28,30,35-36H,7-20,22H2,(H,37,42,44). The summed E-state index contributed by atoms with van der Waals surface area (Å²) < 4.78 is 5.47. The molecule has 2 aromatic rings. The van der Waals surface area contributed by atoms with E-state index in [0.29, 0.717) is 36.9 Å². The second-order valence-electron chi connectivity index (χ2n) is 12.6. The highest BCUT2D eigenvalue weighted by atomic mass is 16.5. The summed E-state index contributed by atoms with van der Waals surface area (Å²) in [5.41, 5.74) is 4.78. The number of carbonyl (C=O) groups excluding carboxylic acids is 4. The summed E-state index contributed by atoms with van der Waals surface area (Å²) in [4.78, 5) is 54.9. The van der Waals surface area contributed by atoms with Crippen molar-refractivity contribution in [3.8, 4) is 0 Å². The number of benzene rings is 2. The lowest BCUT2D eigenvalue weighted by atomic mass is 9.89. The van der Waals surface area contributed by atoms with Crippen LogP contribution in [0.25, 0.3) is 0 Å². The topological polar surface area (TPSA) is 123 Å². The number of nitrogens with one attached hydrogen (secondary N) is 3. The Morgan fingerprint density at radius 3 is 2.31 bits per heavy atom. The predicted octanol–water partition coefficient (Wildman–Crippen LogP) is 2.84. The first-order valence-electron chi connectivity index (χ1n) is 16.3. The van der Waals surface area contributed by atoms with E-state index in [1.165, 1.54) is 5.56 Å². The van der Waals surface area contributed by atoms with Gasteiger partial charge in [0.1, 0.15) is 6.04 Å². The number of aldehydes is 1. The van der Waals surface area contributed by atoms with Gasteiger partial charge in [0, 0.05) is 87.6 Å². The fourth-order valence-corrected chi connectivity index (χ4v) is 6.83. The summed E-state index contributed by atoms with van der Waals surface area (Å²) in [5, 5.41) is 9.18. The van der Waals surface area contributed by atoms with Gasteiger partial charge in [-0.25, -0.2) is 0 Å². The van der Waals surface area contributed by atoms with Crippen molar-refractivity contribution in [2.75, 3.05) is 74.6 Å². The zero-order chi connectivity index (χ0) is 31.2. The van der Waals surface area contributed by atoms with Crippen LogP contribution in [-0.2, 0) is 19.1 Å². The van der Waals surface area contributed by atoms with E-state index in [-0.39, 0.29) is 17.7 Å². The Labute approximate surface area is 264 Å². The molecule has 0 saturated carbocycles. The Morgan fingerprint density at radius 1 is 0.889 bits per heavy atom. The average molecular weight is 617 g/mol. The highest BCUT2D eigenvalue weighted by Crippen LogP contribution is 2.30. The molecule has 0 bridgehead atoms. The van der Waals surface area contributed by atoms with Crippen molar-refractivity contribution < 1.29 is 23.9 Å². The quantitative estimate of drug-likeness (QED) is 0.288. The van der Waals surface area contributed by atoms with E-state index >= 15 is 0 Å². The number of imide groups is 1. The highest BCUT2D eigenvalue weighted by Gasteiger charge is 2.28. The van der Waals surface area contributed by atoms with Crippen molar-refractivity contribution >= 4 is 41.1 Å². The summed E-state index contributed by atoms with van der Waals surface area (Å²) in [6.45, 7) is 6.75. The van der Waals surface area contributed by atoms with Crippen molar-refractivity contribution in [1.82, 2.24) is 15.1 Å². The normalized spacial score (nSPS) is 22.2. The number of hydrogen-bond acceptors (Lipinski definition) is 9. The lowest BCUT2D eigenvalue weighted by Gasteiger charge is -2.38. The molecule has 0 aromatic heterocycles. The number of rotatable bonds is 9. The smallest absolute Gasteiger partial charge is 0.249 e. The largest absolute Gasteiger partial charge is 0.381 e. The van der Waals surface area contributed by atoms with E-state index in [0.717, 1.165) is 102 Å². The summed E-state index contributed by atoms with van der Waals surface area (Å²) in [6, 6.07) is 14.1. The van der Waals surface area contributed by atoms with Crippen LogP contribution in [-0.4, -0.2) is 105 Å². The molecule has 0 spiro atoms. The molecule has 2 aromatic carbocycles. The van der Waals surface area contributed by atoms with Gasteiger partial charge >= 0.3 is 0 Å². The van der Waals surface area contributed by atoms with Gasteiger partial charge in [-0.15, -0.1) is 0 Å².